The van der Waals surface area contributed by atoms with Gasteiger partial charge < -0.3 is 9.88 Å². The molecule has 2 aliphatic rings. The SMILES string of the molecule is O=C(c1ccc2[nH]ccc2c1)N1CCN(C2CC2)CC1c1ccccc1. The molecule has 3 aromatic rings. The minimum Gasteiger partial charge on any atom is -0.361 e. The number of hydrogen-bond acceptors (Lipinski definition) is 2. The molecule has 0 bridgehead atoms. The molecule has 2 aromatic carbocycles. The number of fused-ring (bicyclic) bond motifs is 1. The van der Waals surface area contributed by atoms with E-state index in [0.717, 1.165) is 42.1 Å². The molecule has 4 heteroatoms. The number of nitrogens with zero attached hydrogens (tertiary/aromatic N) is 2. The van der Waals surface area contributed by atoms with Gasteiger partial charge in [0.15, 0.2) is 0 Å². The van der Waals surface area contributed by atoms with Crippen molar-refractivity contribution in [1.82, 2.24) is 14.8 Å². The average molecular weight is 345 g/mol. The molecule has 1 aliphatic carbocycles. The summed E-state index contributed by atoms with van der Waals surface area (Å²) < 4.78 is 0. The third kappa shape index (κ3) is 2.80. The fourth-order valence-corrected chi connectivity index (χ4v) is 4.13. The monoisotopic (exact) mass is 345 g/mol. The van der Waals surface area contributed by atoms with E-state index in [1.54, 1.807) is 0 Å². The number of nitrogens with one attached hydrogen (secondary N) is 1. The van der Waals surface area contributed by atoms with Crippen LogP contribution < -0.4 is 0 Å². The number of rotatable bonds is 3. The molecule has 1 aliphatic heterocycles. The molecular weight excluding hydrogens is 322 g/mol. The molecule has 1 N–H and O–H groups in total. The highest BCUT2D eigenvalue weighted by atomic mass is 16.2. The summed E-state index contributed by atoms with van der Waals surface area (Å²) in [4.78, 5) is 21.2. The fourth-order valence-electron chi connectivity index (χ4n) is 4.13. The van der Waals surface area contributed by atoms with Crippen LogP contribution in [-0.4, -0.2) is 46.4 Å². The molecule has 2 heterocycles. The second kappa shape index (κ2) is 6.29. The zero-order valence-corrected chi connectivity index (χ0v) is 14.8. The van der Waals surface area contributed by atoms with Crippen LogP contribution in [0, 0.1) is 0 Å². The number of benzene rings is 2. The molecule has 1 amide bonds. The Morgan fingerprint density at radius 1 is 1.00 bits per heavy atom. The summed E-state index contributed by atoms with van der Waals surface area (Å²) in [5.41, 5.74) is 3.08. The Bertz CT molecular complexity index is 929. The quantitative estimate of drug-likeness (QED) is 0.784. The van der Waals surface area contributed by atoms with Crippen molar-refractivity contribution in [3.05, 3.63) is 71.9 Å². The van der Waals surface area contributed by atoms with E-state index in [-0.39, 0.29) is 11.9 Å². The van der Waals surface area contributed by atoms with Crippen molar-refractivity contribution in [2.24, 2.45) is 0 Å². The number of piperazine rings is 1. The van der Waals surface area contributed by atoms with Crippen molar-refractivity contribution >= 4 is 16.8 Å². The Morgan fingerprint density at radius 3 is 2.65 bits per heavy atom. The number of carbonyl (C=O) groups is 1. The van der Waals surface area contributed by atoms with Gasteiger partial charge in [-0.2, -0.15) is 0 Å². The third-order valence-electron chi connectivity index (χ3n) is 5.72. The molecular formula is C22H23N3O. The molecule has 26 heavy (non-hydrogen) atoms. The minimum absolute atomic E-state index is 0.125. The van der Waals surface area contributed by atoms with Gasteiger partial charge in [0.1, 0.15) is 0 Å². The van der Waals surface area contributed by atoms with Gasteiger partial charge in [0.2, 0.25) is 0 Å². The predicted octanol–water partition coefficient (Wildman–Crippen LogP) is 3.83. The lowest BCUT2D eigenvalue weighted by Crippen LogP contribution is -2.51. The van der Waals surface area contributed by atoms with E-state index in [4.69, 9.17) is 0 Å². The summed E-state index contributed by atoms with van der Waals surface area (Å²) in [6, 6.07) is 19.3. The highest BCUT2D eigenvalue weighted by molar-refractivity contribution is 5.98. The highest BCUT2D eigenvalue weighted by Gasteiger charge is 2.38. The summed E-state index contributed by atoms with van der Waals surface area (Å²) in [5, 5.41) is 1.09. The number of amides is 1. The van der Waals surface area contributed by atoms with Crippen molar-refractivity contribution in [3.63, 3.8) is 0 Å². The maximum atomic E-state index is 13.3. The van der Waals surface area contributed by atoms with Gasteiger partial charge in [0.05, 0.1) is 6.04 Å². The van der Waals surface area contributed by atoms with E-state index in [0.29, 0.717) is 0 Å². The summed E-state index contributed by atoms with van der Waals surface area (Å²) in [6.07, 6.45) is 4.53. The fraction of sp³-hybridized carbons (Fsp3) is 0.318. The number of carbonyl (C=O) groups excluding carboxylic acids is 1. The lowest BCUT2D eigenvalue weighted by atomic mass is 10.0. The second-order valence-corrected chi connectivity index (χ2v) is 7.43. The van der Waals surface area contributed by atoms with Crippen molar-refractivity contribution in [1.29, 1.82) is 0 Å². The van der Waals surface area contributed by atoms with Crippen LogP contribution in [0.1, 0.15) is 34.8 Å². The van der Waals surface area contributed by atoms with Gasteiger partial charge in [0.25, 0.3) is 5.91 Å². The van der Waals surface area contributed by atoms with E-state index in [1.165, 1.54) is 18.4 Å². The number of aromatic nitrogens is 1. The highest BCUT2D eigenvalue weighted by Crippen LogP contribution is 2.34. The number of H-pyrrole nitrogens is 1. The van der Waals surface area contributed by atoms with Crippen LogP contribution in [0.4, 0.5) is 0 Å². The van der Waals surface area contributed by atoms with Crippen molar-refractivity contribution in [2.75, 3.05) is 19.6 Å². The van der Waals surface area contributed by atoms with Crippen LogP contribution in [0.5, 0.6) is 0 Å². The normalized spacial score (nSPS) is 21.2. The lowest BCUT2D eigenvalue weighted by Gasteiger charge is -2.42. The maximum Gasteiger partial charge on any atom is 0.254 e. The number of aromatic amines is 1. The Morgan fingerprint density at radius 2 is 1.85 bits per heavy atom. The van der Waals surface area contributed by atoms with Crippen LogP contribution in [0.25, 0.3) is 10.9 Å². The minimum atomic E-state index is 0.125. The molecule has 1 saturated heterocycles. The molecule has 1 unspecified atom stereocenters. The van der Waals surface area contributed by atoms with E-state index < -0.39 is 0 Å². The summed E-state index contributed by atoms with van der Waals surface area (Å²) in [6.45, 7) is 2.71. The van der Waals surface area contributed by atoms with Gasteiger partial charge >= 0.3 is 0 Å². The molecule has 1 saturated carbocycles. The van der Waals surface area contributed by atoms with Crippen LogP contribution in [0.2, 0.25) is 0 Å². The van der Waals surface area contributed by atoms with E-state index >= 15 is 0 Å². The van der Waals surface area contributed by atoms with Crippen molar-refractivity contribution in [2.45, 2.75) is 24.9 Å². The first kappa shape index (κ1) is 15.6. The Hall–Kier alpha value is -2.59. The van der Waals surface area contributed by atoms with Crippen LogP contribution in [-0.2, 0) is 0 Å². The molecule has 2 fully saturated rings. The van der Waals surface area contributed by atoms with Gasteiger partial charge in [0, 0.05) is 48.3 Å². The van der Waals surface area contributed by atoms with Crippen LogP contribution in [0.15, 0.2) is 60.8 Å². The van der Waals surface area contributed by atoms with E-state index in [1.807, 2.05) is 36.5 Å². The maximum absolute atomic E-state index is 13.3. The standard InChI is InChI=1S/C22H23N3O/c26-22(18-6-9-20-17(14-18)10-11-23-20)25-13-12-24(19-7-8-19)15-21(25)16-4-2-1-3-5-16/h1-6,9-11,14,19,21,23H,7-8,12-13,15H2. The summed E-state index contributed by atoms with van der Waals surface area (Å²) in [7, 11) is 0. The van der Waals surface area contributed by atoms with Gasteiger partial charge in [-0.25, -0.2) is 0 Å². The van der Waals surface area contributed by atoms with Gasteiger partial charge in [-0.3, -0.25) is 9.69 Å². The third-order valence-corrected chi connectivity index (χ3v) is 5.72. The molecule has 0 spiro atoms. The molecule has 0 radical (unpaired) electrons. The van der Waals surface area contributed by atoms with E-state index in [2.05, 4.69) is 39.0 Å². The van der Waals surface area contributed by atoms with Gasteiger partial charge in [-0.15, -0.1) is 0 Å². The molecule has 1 atom stereocenters. The largest absolute Gasteiger partial charge is 0.361 e. The Kier molecular flexibility index (Phi) is 3.79. The smallest absolute Gasteiger partial charge is 0.254 e. The Balaban J connectivity index is 1.47. The first-order valence-electron chi connectivity index (χ1n) is 9.47. The number of hydrogen-bond donors (Lipinski definition) is 1. The van der Waals surface area contributed by atoms with E-state index in [9.17, 15) is 4.79 Å². The van der Waals surface area contributed by atoms with Gasteiger partial charge in [-0.1, -0.05) is 30.3 Å². The van der Waals surface area contributed by atoms with Gasteiger partial charge in [-0.05, 0) is 42.7 Å². The Labute approximate surface area is 153 Å². The lowest BCUT2D eigenvalue weighted by molar-refractivity contribution is 0.0433. The van der Waals surface area contributed by atoms with Crippen LogP contribution >= 0.6 is 0 Å². The predicted molar refractivity (Wildman–Crippen MR) is 103 cm³/mol. The molecule has 5 rings (SSSR count). The van der Waals surface area contributed by atoms with Crippen molar-refractivity contribution < 1.29 is 4.79 Å². The molecule has 1 aromatic heterocycles. The second-order valence-electron chi connectivity index (χ2n) is 7.43. The molecule has 4 nitrogen and oxygen atoms in total. The summed E-state index contributed by atoms with van der Waals surface area (Å²) >= 11 is 0. The zero-order chi connectivity index (χ0) is 17.5. The molecule has 132 valence electrons. The average Bonchev–Trinajstić information content (AvgIpc) is 3.45. The first-order valence-corrected chi connectivity index (χ1v) is 9.47. The van der Waals surface area contributed by atoms with Crippen molar-refractivity contribution in [3.8, 4) is 0 Å². The zero-order valence-electron chi connectivity index (χ0n) is 14.8. The topological polar surface area (TPSA) is 39.3 Å². The van der Waals surface area contributed by atoms with Crippen LogP contribution in [0.3, 0.4) is 0 Å². The first-order chi connectivity index (χ1) is 12.8. The summed E-state index contributed by atoms with van der Waals surface area (Å²) in [5.74, 6) is 0.136.